The van der Waals surface area contributed by atoms with Gasteiger partial charge in [-0.25, -0.2) is 4.58 Å². The molecule has 0 spiro atoms. The molecular weight excluding hydrogens is 339 g/mol. The fourth-order valence-corrected chi connectivity index (χ4v) is 2.75. The summed E-state index contributed by atoms with van der Waals surface area (Å²) in [6, 6.07) is 0. The highest BCUT2D eigenvalue weighted by atomic mass is 19.4. The van der Waals surface area contributed by atoms with Gasteiger partial charge in [-0.2, -0.15) is 13.2 Å². The second-order valence-electron chi connectivity index (χ2n) is 5.59. The summed E-state index contributed by atoms with van der Waals surface area (Å²) in [4.78, 5) is 21.0. The van der Waals surface area contributed by atoms with Crippen molar-refractivity contribution in [2.24, 2.45) is 5.73 Å². The van der Waals surface area contributed by atoms with Gasteiger partial charge < -0.3 is 20.2 Å². The van der Waals surface area contributed by atoms with E-state index < -0.39 is 12.1 Å². The van der Waals surface area contributed by atoms with Gasteiger partial charge in [-0.15, -0.1) is 6.58 Å². The zero-order valence-corrected chi connectivity index (χ0v) is 13.4. The number of halogens is 3. The molecule has 0 saturated carbocycles. The maximum absolute atomic E-state index is 12.2. The predicted molar refractivity (Wildman–Crippen MR) is 81.2 cm³/mol. The van der Waals surface area contributed by atoms with Crippen molar-refractivity contribution in [2.45, 2.75) is 19.1 Å². The molecule has 2 N–H and O–H groups in total. The van der Waals surface area contributed by atoms with Crippen molar-refractivity contribution in [3.8, 4) is 0 Å². The van der Waals surface area contributed by atoms with E-state index in [4.69, 9.17) is 15.6 Å². The van der Waals surface area contributed by atoms with E-state index in [-0.39, 0.29) is 5.78 Å². The number of rotatable bonds is 2. The van der Waals surface area contributed by atoms with Crippen LogP contribution in [0.4, 0.5) is 13.2 Å². The molecule has 1 aliphatic heterocycles. The van der Waals surface area contributed by atoms with Crippen molar-refractivity contribution >= 4 is 17.5 Å². The molecule has 0 bridgehead atoms. The second-order valence-corrected chi connectivity index (χ2v) is 5.59. The maximum Gasteiger partial charge on any atom is 0.430 e. The summed E-state index contributed by atoms with van der Waals surface area (Å²) in [5, 5.41) is 8.78. The molecule has 2 aliphatic rings. The number of aliphatic carboxylic acids is 1. The minimum absolute atomic E-state index is 0.0721. The summed E-state index contributed by atoms with van der Waals surface area (Å²) in [5.74, 6) is -3.08. The molecule has 134 valence electrons. The van der Waals surface area contributed by atoms with Crippen LogP contribution in [0.1, 0.15) is 21.6 Å². The van der Waals surface area contributed by atoms with Gasteiger partial charge in [-0.1, -0.05) is 6.08 Å². The summed E-state index contributed by atoms with van der Waals surface area (Å²) in [7, 11) is 2.03. The Hall–Kier alpha value is -2.84. The van der Waals surface area contributed by atoms with Crippen molar-refractivity contribution in [2.75, 3.05) is 13.6 Å². The smallest absolute Gasteiger partial charge is 0.430 e. The third kappa shape index (κ3) is 3.49. The van der Waals surface area contributed by atoms with Gasteiger partial charge in [0.1, 0.15) is 25.3 Å². The number of nitrogens with two attached hydrogens (primary N) is 1. The lowest BCUT2D eigenvalue weighted by Gasteiger charge is -2.17. The summed E-state index contributed by atoms with van der Waals surface area (Å²) < 4.78 is 35.7. The monoisotopic (exact) mass is 355 g/mol. The van der Waals surface area contributed by atoms with Gasteiger partial charge in [0.25, 0.3) is 0 Å². The van der Waals surface area contributed by atoms with Gasteiger partial charge in [0.05, 0.1) is 11.3 Å². The van der Waals surface area contributed by atoms with Crippen LogP contribution < -0.4 is 10.8 Å². The summed E-state index contributed by atoms with van der Waals surface area (Å²) >= 11 is 0. The van der Waals surface area contributed by atoms with E-state index in [1.165, 1.54) is 5.56 Å². The Kier molecular flexibility index (Phi) is 4.87. The maximum atomic E-state index is 12.2. The van der Waals surface area contributed by atoms with Crippen molar-refractivity contribution in [1.82, 2.24) is 4.57 Å². The minimum Gasteiger partial charge on any atom is -0.542 e. The Balaban J connectivity index is 0.000000277. The number of hydrogen-bond donors (Lipinski definition) is 1. The van der Waals surface area contributed by atoms with E-state index in [0.29, 0.717) is 17.9 Å². The second kappa shape index (κ2) is 6.58. The van der Waals surface area contributed by atoms with E-state index in [1.807, 2.05) is 11.6 Å². The number of aromatic nitrogens is 1. The third-order valence-corrected chi connectivity index (χ3v) is 3.87. The minimum atomic E-state index is -5.19. The molecule has 3 rings (SSSR count). The Morgan fingerprint density at radius 1 is 1.52 bits per heavy atom. The highest BCUT2D eigenvalue weighted by Crippen LogP contribution is 2.28. The molecule has 1 aliphatic carbocycles. The van der Waals surface area contributed by atoms with Crippen LogP contribution in [-0.4, -0.2) is 46.4 Å². The number of allylic oxidation sites excluding steroid dienone is 3. The van der Waals surface area contributed by atoms with Crippen LogP contribution in [0.25, 0.3) is 0 Å². The SMILES string of the molecule is C=CCn1cc2c3c1C(=O)C(N)=CC3=[N+](C)CC2.O=C([O-])C(F)(F)F. The van der Waals surface area contributed by atoms with Crippen LogP contribution in [0.15, 0.2) is 30.6 Å². The normalized spacial score (nSPS) is 15.8. The topological polar surface area (TPSA) is 91.2 Å². The molecule has 1 aromatic rings. The molecular formula is C16H16F3N3O3. The summed E-state index contributed by atoms with van der Waals surface area (Å²) in [6.45, 7) is 5.33. The lowest BCUT2D eigenvalue weighted by Crippen LogP contribution is -2.37. The molecule has 0 amide bonds. The van der Waals surface area contributed by atoms with Gasteiger partial charge in [0.15, 0.2) is 0 Å². The molecule has 6 nitrogen and oxygen atoms in total. The Bertz CT molecular complexity index is 817. The first kappa shape index (κ1) is 18.5. The first-order valence-corrected chi connectivity index (χ1v) is 7.29. The number of carboxylic acid groups (broad SMARTS) is 1. The van der Waals surface area contributed by atoms with E-state index >= 15 is 0 Å². The van der Waals surface area contributed by atoms with Crippen LogP contribution >= 0.6 is 0 Å². The molecule has 0 atom stereocenters. The fourth-order valence-electron chi connectivity index (χ4n) is 2.75. The lowest BCUT2D eigenvalue weighted by atomic mass is 9.92. The molecule has 0 saturated heterocycles. The Labute approximate surface area is 141 Å². The van der Waals surface area contributed by atoms with Gasteiger partial charge in [0, 0.05) is 25.2 Å². The van der Waals surface area contributed by atoms with Gasteiger partial charge >= 0.3 is 6.18 Å². The number of carboxylic acids is 1. The average molecular weight is 355 g/mol. The zero-order valence-electron chi connectivity index (χ0n) is 13.4. The Morgan fingerprint density at radius 2 is 2.12 bits per heavy atom. The molecule has 25 heavy (non-hydrogen) atoms. The van der Waals surface area contributed by atoms with E-state index in [0.717, 1.165) is 24.2 Å². The number of Topliss-reactive ketones (excluding diaryl/α,β-unsaturated/α-hetero) is 1. The van der Waals surface area contributed by atoms with Crippen LogP contribution in [0.2, 0.25) is 0 Å². The first-order chi connectivity index (χ1) is 11.6. The average Bonchev–Trinajstić information content (AvgIpc) is 2.87. The Morgan fingerprint density at radius 3 is 2.64 bits per heavy atom. The van der Waals surface area contributed by atoms with Crippen molar-refractivity contribution < 1.29 is 32.4 Å². The number of hydrogen-bond acceptors (Lipinski definition) is 4. The van der Waals surface area contributed by atoms with Crippen LogP contribution in [0, 0.1) is 0 Å². The molecule has 1 aromatic heterocycles. The van der Waals surface area contributed by atoms with Gasteiger partial charge in [-0.05, 0) is 5.56 Å². The lowest BCUT2D eigenvalue weighted by molar-refractivity contribution is -0.497. The van der Waals surface area contributed by atoms with Crippen molar-refractivity contribution in [1.29, 1.82) is 0 Å². The van der Waals surface area contributed by atoms with E-state index in [9.17, 15) is 18.0 Å². The number of carbonyl (C=O) groups excluding carboxylic acids is 2. The summed E-state index contributed by atoms with van der Waals surface area (Å²) in [5.41, 5.74) is 10.2. The van der Waals surface area contributed by atoms with Crippen molar-refractivity contribution in [3.63, 3.8) is 0 Å². The molecule has 0 radical (unpaired) electrons. The van der Waals surface area contributed by atoms with Crippen LogP contribution in [0.3, 0.4) is 0 Å². The molecule has 0 fully saturated rings. The standard InChI is InChI=1S/C14H15N3O.C2HF3O2/c1-3-5-17-8-9-4-6-16(2)11-7-10(15)14(18)13(17)12(9)11;3-2(4,5)1(6)7/h3,7-8,15H,1,4-6H2,2H3;(H,6,7). The number of nitrogens with zero attached hydrogens (tertiary/aromatic N) is 2. The quantitative estimate of drug-likeness (QED) is 0.597. The molecule has 0 aromatic carbocycles. The first-order valence-electron chi connectivity index (χ1n) is 7.29. The third-order valence-electron chi connectivity index (χ3n) is 3.87. The molecule has 2 heterocycles. The highest BCUT2D eigenvalue weighted by molar-refractivity contribution is 6.24. The van der Waals surface area contributed by atoms with Gasteiger partial charge in [-0.3, -0.25) is 4.79 Å². The van der Waals surface area contributed by atoms with E-state index in [2.05, 4.69) is 17.4 Å². The number of alkyl halides is 3. The molecule has 9 heteroatoms. The highest BCUT2D eigenvalue weighted by Gasteiger charge is 2.36. The largest absolute Gasteiger partial charge is 0.542 e. The van der Waals surface area contributed by atoms with E-state index in [1.54, 1.807) is 12.2 Å². The number of ketones is 1. The molecule has 0 unspecified atom stereocenters. The fraction of sp³-hybridized carbons (Fsp3) is 0.312. The number of likely N-dealkylation sites (N-methyl/N-ethyl adjacent to an activating group) is 1. The predicted octanol–water partition coefficient (Wildman–Crippen LogP) is -0.000900. The summed E-state index contributed by atoms with van der Waals surface area (Å²) in [6.07, 6.45) is 1.43. The number of carbonyl (C=O) groups is 2. The van der Waals surface area contributed by atoms with Crippen LogP contribution in [-0.2, 0) is 17.8 Å². The zero-order chi connectivity index (χ0) is 18.9. The van der Waals surface area contributed by atoms with Crippen molar-refractivity contribution in [3.05, 3.63) is 47.4 Å². The van der Waals surface area contributed by atoms with Crippen LogP contribution in [0.5, 0.6) is 0 Å². The van der Waals surface area contributed by atoms with Gasteiger partial charge in [0.2, 0.25) is 11.5 Å².